The summed E-state index contributed by atoms with van der Waals surface area (Å²) in [6.07, 6.45) is 2.41. The fraction of sp³-hybridized carbons (Fsp3) is 0.595. The summed E-state index contributed by atoms with van der Waals surface area (Å²) in [6.45, 7) is 25.4. The van der Waals surface area contributed by atoms with E-state index in [-0.39, 0.29) is 40.0 Å². The highest BCUT2D eigenvalue weighted by atomic mass is 28.4. The van der Waals surface area contributed by atoms with E-state index in [0.29, 0.717) is 29.5 Å². The van der Waals surface area contributed by atoms with Crippen LogP contribution in [0.4, 0.5) is 0 Å². The fourth-order valence-corrected chi connectivity index (χ4v) is 15.7. The first-order valence-electron chi connectivity index (χ1n) is 16.1. The molecule has 0 aromatic heterocycles. The molecule has 42 heavy (non-hydrogen) atoms. The second-order valence-corrected chi connectivity index (χ2v) is 20.6. The molecule has 5 atom stereocenters. The van der Waals surface area contributed by atoms with E-state index in [2.05, 4.69) is 105 Å². The Morgan fingerprint density at radius 2 is 1.60 bits per heavy atom. The van der Waals surface area contributed by atoms with Crippen LogP contribution in [0.15, 0.2) is 55.1 Å². The molecule has 226 valence electrons. The molecule has 2 aromatic rings. The molecule has 4 nitrogen and oxygen atoms in total. The standard InChI is InChI=1S/C37H50O4Si/c1-23(2)42(24(3)4,25(5)6)40-30-18-14-11-15-27(30)19-20-33(38)39-32-21-31-34(8,9)35(32,10)36-22-26(7)28-16-12-13-17-29(28)37(31,36)41-36/h11-18,23-25,31-32H,7,19-22H2,1-6,8-10H3. The zero-order valence-electron chi connectivity index (χ0n) is 27.2. The van der Waals surface area contributed by atoms with Crippen LogP contribution in [-0.4, -0.2) is 26.0 Å². The topological polar surface area (TPSA) is 48.1 Å². The molecule has 5 unspecified atom stereocenters. The smallest absolute Gasteiger partial charge is 0.306 e. The van der Waals surface area contributed by atoms with Crippen LogP contribution in [0.3, 0.4) is 0 Å². The molecule has 5 heteroatoms. The lowest BCUT2D eigenvalue weighted by atomic mass is 9.59. The molecule has 0 spiro atoms. The van der Waals surface area contributed by atoms with Gasteiger partial charge in [-0.1, -0.05) is 111 Å². The lowest BCUT2D eigenvalue weighted by Crippen LogP contribution is -2.51. The van der Waals surface area contributed by atoms with Crippen LogP contribution in [-0.2, 0) is 26.3 Å². The van der Waals surface area contributed by atoms with Crippen molar-refractivity contribution in [3.8, 4) is 5.75 Å². The van der Waals surface area contributed by atoms with Gasteiger partial charge in [-0.2, -0.15) is 0 Å². The van der Waals surface area contributed by atoms with Gasteiger partial charge < -0.3 is 13.9 Å². The van der Waals surface area contributed by atoms with Crippen molar-refractivity contribution in [1.29, 1.82) is 0 Å². The van der Waals surface area contributed by atoms with E-state index in [1.165, 1.54) is 11.1 Å². The summed E-state index contributed by atoms with van der Waals surface area (Å²) in [5.74, 6) is 1.10. The summed E-state index contributed by atoms with van der Waals surface area (Å²) < 4.78 is 20.4. The largest absolute Gasteiger partial charge is 0.543 e. The zero-order valence-corrected chi connectivity index (χ0v) is 28.2. The van der Waals surface area contributed by atoms with Gasteiger partial charge in [0.25, 0.3) is 8.32 Å². The predicted octanol–water partition coefficient (Wildman–Crippen LogP) is 9.23. The molecule has 3 fully saturated rings. The number of benzene rings is 2. The Morgan fingerprint density at radius 1 is 0.976 bits per heavy atom. The van der Waals surface area contributed by atoms with Crippen LogP contribution in [0.5, 0.6) is 5.75 Å². The van der Waals surface area contributed by atoms with Crippen molar-refractivity contribution in [2.24, 2.45) is 16.7 Å². The number of para-hydroxylation sites is 1. The molecule has 4 aliphatic rings. The highest BCUT2D eigenvalue weighted by molar-refractivity contribution is 6.78. The third-order valence-corrected chi connectivity index (χ3v) is 18.5. The van der Waals surface area contributed by atoms with Gasteiger partial charge in [-0.05, 0) is 63.2 Å². The molecule has 1 saturated heterocycles. The molecule has 6 rings (SSSR count). The van der Waals surface area contributed by atoms with Crippen molar-refractivity contribution < 1.29 is 18.7 Å². The number of fused-ring (bicyclic) bond motifs is 3. The van der Waals surface area contributed by atoms with Crippen molar-refractivity contribution in [2.75, 3.05) is 0 Å². The lowest BCUT2D eigenvalue weighted by molar-refractivity contribution is -0.161. The van der Waals surface area contributed by atoms with Gasteiger partial charge in [0.1, 0.15) is 23.1 Å². The average Bonchev–Trinajstić information content (AvgIpc) is 3.56. The van der Waals surface area contributed by atoms with Crippen molar-refractivity contribution in [3.63, 3.8) is 0 Å². The van der Waals surface area contributed by atoms with Gasteiger partial charge in [-0.3, -0.25) is 4.79 Å². The normalized spacial score (nSPS) is 32.1. The minimum Gasteiger partial charge on any atom is -0.543 e. The number of carbonyl (C=O) groups excluding carboxylic acids is 1. The molecule has 1 aliphatic heterocycles. The zero-order chi connectivity index (χ0) is 30.5. The van der Waals surface area contributed by atoms with E-state index in [9.17, 15) is 4.79 Å². The number of hydrogen-bond acceptors (Lipinski definition) is 4. The predicted molar refractivity (Wildman–Crippen MR) is 172 cm³/mol. The minimum absolute atomic E-state index is 0.0349. The Balaban J connectivity index is 1.20. The number of esters is 1. The number of ether oxygens (including phenoxy) is 2. The Labute approximate surface area is 254 Å². The quantitative estimate of drug-likeness (QED) is 0.167. The Kier molecular flexibility index (Phi) is 6.76. The van der Waals surface area contributed by atoms with E-state index in [4.69, 9.17) is 13.9 Å². The summed E-state index contributed by atoms with van der Waals surface area (Å²) in [7, 11) is -2.11. The van der Waals surface area contributed by atoms with Crippen LogP contribution in [0.1, 0.15) is 98.3 Å². The SMILES string of the molecule is C=C1CC23OC2(c2ccccc21)C1CC(OC(=O)CCc2ccccc2O[Si](C(C)C)(C(C)C)C(C)C)C3(C)C1(C)C. The van der Waals surface area contributed by atoms with E-state index in [1.54, 1.807) is 0 Å². The number of carbonyl (C=O) groups is 1. The summed E-state index contributed by atoms with van der Waals surface area (Å²) in [5.41, 5.74) is 5.22. The number of aryl methyl sites for hydroxylation is 1. The van der Waals surface area contributed by atoms with E-state index in [0.717, 1.165) is 29.7 Å². The van der Waals surface area contributed by atoms with Gasteiger partial charge in [0.15, 0.2) is 0 Å². The Hall–Kier alpha value is -2.37. The third-order valence-electron chi connectivity index (χ3n) is 12.5. The summed E-state index contributed by atoms with van der Waals surface area (Å²) in [5, 5.41) is 0. The maximum atomic E-state index is 13.5. The van der Waals surface area contributed by atoms with Crippen molar-refractivity contribution >= 4 is 19.9 Å². The second-order valence-electron chi connectivity index (χ2n) is 15.2. The summed E-state index contributed by atoms with van der Waals surface area (Å²) >= 11 is 0. The first-order valence-corrected chi connectivity index (χ1v) is 18.3. The molecule has 0 amide bonds. The van der Waals surface area contributed by atoms with Crippen molar-refractivity contribution in [3.05, 3.63) is 71.8 Å². The molecule has 3 aliphatic carbocycles. The molecule has 1 heterocycles. The maximum Gasteiger partial charge on any atom is 0.306 e. The number of rotatable bonds is 9. The number of hydrogen-bond donors (Lipinski definition) is 0. The van der Waals surface area contributed by atoms with Crippen molar-refractivity contribution in [1.82, 2.24) is 0 Å². The van der Waals surface area contributed by atoms with Gasteiger partial charge in [0.2, 0.25) is 0 Å². The van der Waals surface area contributed by atoms with Crippen LogP contribution >= 0.6 is 0 Å². The second kappa shape index (κ2) is 9.56. The van der Waals surface area contributed by atoms with Crippen LogP contribution in [0.2, 0.25) is 16.6 Å². The minimum atomic E-state index is -2.11. The van der Waals surface area contributed by atoms with Gasteiger partial charge in [0, 0.05) is 24.2 Å². The lowest BCUT2D eigenvalue weighted by Gasteiger charge is -2.45. The van der Waals surface area contributed by atoms with Crippen LogP contribution < -0.4 is 4.43 Å². The summed E-state index contributed by atoms with van der Waals surface area (Å²) in [4.78, 5) is 13.5. The average molecular weight is 587 g/mol. The number of epoxide rings is 1. The highest BCUT2D eigenvalue weighted by Gasteiger charge is 2.95. The Morgan fingerprint density at radius 3 is 2.26 bits per heavy atom. The Bertz CT molecular complexity index is 1400. The van der Waals surface area contributed by atoms with Gasteiger partial charge in [-0.25, -0.2) is 0 Å². The first kappa shape index (κ1) is 29.7. The molecule has 2 aromatic carbocycles. The highest BCUT2D eigenvalue weighted by Crippen LogP contribution is 2.89. The molecule has 2 saturated carbocycles. The molecule has 0 radical (unpaired) electrons. The molecular weight excluding hydrogens is 536 g/mol. The van der Waals surface area contributed by atoms with Gasteiger partial charge >= 0.3 is 5.97 Å². The van der Waals surface area contributed by atoms with Gasteiger partial charge in [0.05, 0.1) is 0 Å². The fourth-order valence-electron chi connectivity index (χ4n) is 10.4. The summed E-state index contributed by atoms with van der Waals surface area (Å²) in [6, 6.07) is 16.9. The van der Waals surface area contributed by atoms with Gasteiger partial charge in [-0.15, -0.1) is 0 Å². The van der Waals surface area contributed by atoms with E-state index in [1.807, 2.05) is 12.1 Å². The molecule has 0 N–H and O–H groups in total. The monoisotopic (exact) mass is 586 g/mol. The third kappa shape index (κ3) is 3.53. The van der Waals surface area contributed by atoms with Crippen LogP contribution in [0.25, 0.3) is 5.57 Å². The first-order chi connectivity index (χ1) is 19.7. The van der Waals surface area contributed by atoms with Crippen molar-refractivity contribution in [2.45, 2.75) is 122 Å². The molecule has 2 bridgehead atoms. The van der Waals surface area contributed by atoms with E-state index >= 15 is 0 Å². The molecular formula is C37H50O4Si. The maximum absolute atomic E-state index is 13.5. The van der Waals surface area contributed by atoms with E-state index < -0.39 is 8.32 Å². The van der Waals surface area contributed by atoms with Crippen LogP contribution in [0, 0.1) is 16.7 Å².